The fourth-order valence-electron chi connectivity index (χ4n) is 4.13. The summed E-state index contributed by atoms with van der Waals surface area (Å²) in [6, 6.07) is 12.9. The van der Waals surface area contributed by atoms with Gasteiger partial charge in [-0.1, -0.05) is 29.8 Å². The van der Waals surface area contributed by atoms with Crippen molar-refractivity contribution in [3.05, 3.63) is 95.3 Å². The van der Waals surface area contributed by atoms with Gasteiger partial charge in [0.05, 0.1) is 11.9 Å². The second-order valence-electron chi connectivity index (χ2n) is 8.02. The van der Waals surface area contributed by atoms with Crippen molar-refractivity contribution in [2.24, 2.45) is 0 Å². The Balaban J connectivity index is 1.37. The van der Waals surface area contributed by atoms with Crippen LogP contribution in [-0.4, -0.2) is 37.3 Å². The molecule has 4 heterocycles. The van der Waals surface area contributed by atoms with E-state index in [0.29, 0.717) is 35.3 Å². The number of amides is 1. The molecule has 3 aromatic heterocycles. The molecule has 0 spiro atoms. The van der Waals surface area contributed by atoms with E-state index in [-0.39, 0.29) is 11.9 Å². The Bertz CT molecular complexity index is 1260. The van der Waals surface area contributed by atoms with Crippen LogP contribution in [0.3, 0.4) is 0 Å². The molecule has 0 radical (unpaired) electrons. The minimum atomic E-state index is -0.218. The lowest BCUT2D eigenvalue weighted by atomic mass is 10.0. The number of likely N-dealkylation sites (tertiary alicyclic amines) is 1. The summed E-state index contributed by atoms with van der Waals surface area (Å²) in [5.74, 6) is 1.18. The fourth-order valence-corrected chi connectivity index (χ4v) is 4.34. The molecule has 166 valence electrons. The third kappa shape index (κ3) is 4.78. The van der Waals surface area contributed by atoms with E-state index in [0.717, 1.165) is 36.1 Å². The molecule has 1 aliphatic rings. The molecule has 0 aliphatic carbocycles. The van der Waals surface area contributed by atoms with Crippen molar-refractivity contribution in [1.82, 2.24) is 24.8 Å². The molecule has 1 fully saturated rings. The predicted molar refractivity (Wildman–Crippen MR) is 124 cm³/mol. The Kier molecular flexibility index (Phi) is 6.13. The first-order chi connectivity index (χ1) is 16.2. The zero-order chi connectivity index (χ0) is 22.6. The summed E-state index contributed by atoms with van der Waals surface area (Å²) in [5.41, 5.74) is 2.86. The van der Waals surface area contributed by atoms with Crippen molar-refractivity contribution >= 4 is 17.5 Å². The molecule has 7 nitrogen and oxygen atoms in total. The predicted octanol–water partition coefficient (Wildman–Crippen LogP) is 5.14. The van der Waals surface area contributed by atoms with Crippen LogP contribution in [-0.2, 0) is 6.42 Å². The molecular weight excluding hydrogens is 438 g/mol. The van der Waals surface area contributed by atoms with Gasteiger partial charge in [0.15, 0.2) is 0 Å². The van der Waals surface area contributed by atoms with E-state index in [4.69, 9.17) is 16.0 Å². The van der Waals surface area contributed by atoms with Gasteiger partial charge in [0, 0.05) is 35.9 Å². The molecule has 4 aromatic rings. The molecule has 0 N–H and O–H groups in total. The van der Waals surface area contributed by atoms with Crippen molar-refractivity contribution in [3.63, 3.8) is 0 Å². The van der Waals surface area contributed by atoms with E-state index >= 15 is 0 Å². The molecule has 0 saturated carbocycles. The van der Waals surface area contributed by atoms with Gasteiger partial charge in [-0.25, -0.2) is 19.9 Å². The summed E-state index contributed by atoms with van der Waals surface area (Å²) in [4.78, 5) is 32.5. The lowest BCUT2D eigenvalue weighted by Crippen LogP contribution is -2.39. The number of nitrogens with zero attached hydrogens (tertiary/aromatic N) is 5. The van der Waals surface area contributed by atoms with Crippen molar-refractivity contribution in [1.29, 1.82) is 0 Å². The van der Waals surface area contributed by atoms with Crippen molar-refractivity contribution in [2.45, 2.75) is 31.7 Å². The highest BCUT2D eigenvalue weighted by atomic mass is 35.5. The van der Waals surface area contributed by atoms with E-state index in [2.05, 4.69) is 19.9 Å². The molecule has 1 atom stereocenters. The number of benzene rings is 1. The number of pyridine rings is 1. The number of hydrogen-bond acceptors (Lipinski definition) is 6. The van der Waals surface area contributed by atoms with Gasteiger partial charge in [0.2, 0.25) is 5.89 Å². The van der Waals surface area contributed by atoms with Crippen molar-refractivity contribution in [3.8, 4) is 11.3 Å². The fraction of sp³-hybridized carbons (Fsp3) is 0.240. The highest BCUT2D eigenvalue weighted by Gasteiger charge is 2.32. The number of piperidine rings is 1. The van der Waals surface area contributed by atoms with Gasteiger partial charge >= 0.3 is 0 Å². The first-order valence-electron chi connectivity index (χ1n) is 10.9. The monoisotopic (exact) mass is 459 g/mol. The highest BCUT2D eigenvalue weighted by molar-refractivity contribution is 6.30. The molecule has 0 bridgehead atoms. The summed E-state index contributed by atoms with van der Waals surface area (Å²) in [6.45, 7) is 0.635. The Labute approximate surface area is 196 Å². The Morgan fingerprint density at radius 3 is 2.79 bits per heavy atom. The van der Waals surface area contributed by atoms with E-state index in [1.807, 2.05) is 41.3 Å². The summed E-state index contributed by atoms with van der Waals surface area (Å²) in [7, 11) is 0. The summed E-state index contributed by atoms with van der Waals surface area (Å²) in [6.07, 6.45) is 9.91. The van der Waals surface area contributed by atoms with Crippen LogP contribution >= 0.6 is 11.6 Å². The standard InChI is InChI=1S/C25H22ClN5O2/c26-19-6-3-5-17(11-19)12-20-15-29-24(33-20)23-9-1-2-10-31(23)25(32)22-8-4-7-21(30-22)18-13-27-16-28-14-18/h3-8,11,13-16,23H,1-2,9-10,12H2. The van der Waals surface area contributed by atoms with Gasteiger partial charge in [-0.15, -0.1) is 0 Å². The van der Waals surface area contributed by atoms with E-state index in [1.54, 1.807) is 24.7 Å². The SMILES string of the molecule is O=C(c1cccc(-c2cncnc2)n1)N1CCCCC1c1ncc(Cc2cccc(Cl)c2)o1. The van der Waals surface area contributed by atoms with Gasteiger partial charge in [-0.05, 0) is 49.1 Å². The number of carbonyl (C=O) groups excluding carboxylic acids is 1. The number of rotatable bonds is 5. The quantitative estimate of drug-likeness (QED) is 0.411. The zero-order valence-corrected chi connectivity index (χ0v) is 18.7. The summed E-state index contributed by atoms with van der Waals surface area (Å²) < 4.78 is 6.09. The molecule has 5 rings (SSSR count). The Hall–Kier alpha value is -3.58. The maximum absolute atomic E-state index is 13.5. The first-order valence-corrected chi connectivity index (χ1v) is 11.3. The van der Waals surface area contributed by atoms with E-state index in [1.165, 1.54) is 6.33 Å². The van der Waals surface area contributed by atoms with Gasteiger partial charge in [-0.2, -0.15) is 0 Å². The average Bonchev–Trinajstić information content (AvgIpc) is 3.32. The number of oxazole rings is 1. The van der Waals surface area contributed by atoms with Gasteiger partial charge in [0.1, 0.15) is 23.8 Å². The van der Waals surface area contributed by atoms with Crippen LogP contribution in [0.25, 0.3) is 11.3 Å². The molecule has 33 heavy (non-hydrogen) atoms. The van der Waals surface area contributed by atoms with Gasteiger partial charge in [0.25, 0.3) is 5.91 Å². The first kappa shape index (κ1) is 21.3. The minimum absolute atomic E-state index is 0.131. The van der Waals surface area contributed by atoms with Crippen molar-refractivity contribution in [2.75, 3.05) is 6.54 Å². The number of aromatic nitrogens is 4. The molecule has 8 heteroatoms. The number of hydrogen-bond donors (Lipinski definition) is 0. The molecule has 1 saturated heterocycles. The van der Waals surface area contributed by atoms with Crippen LogP contribution in [0.4, 0.5) is 0 Å². The van der Waals surface area contributed by atoms with Gasteiger partial charge in [-0.3, -0.25) is 4.79 Å². The van der Waals surface area contributed by atoms with Crippen LogP contribution in [0.5, 0.6) is 0 Å². The van der Waals surface area contributed by atoms with E-state index in [9.17, 15) is 4.79 Å². The summed E-state index contributed by atoms with van der Waals surface area (Å²) in [5, 5.41) is 0.688. The maximum atomic E-state index is 13.5. The minimum Gasteiger partial charge on any atom is -0.443 e. The zero-order valence-electron chi connectivity index (χ0n) is 17.9. The molecule has 1 unspecified atom stereocenters. The average molecular weight is 460 g/mol. The second-order valence-corrected chi connectivity index (χ2v) is 8.45. The van der Waals surface area contributed by atoms with Gasteiger partial charge < -0.3 is 9.32 Å². The van der Waals surface area contributed by atoms with Crippen LogP contribution in [0.15, 0.2) is 71.8 Å². The normalized spacial score (nSPS) is 16.0. The van der Waals surface area contributed by atoms with Crippen molar-refractivity contribution < 1.29 is 9.21 Å². The smallest absolute Gasteiger partial charge is 0.273 e. The number of halogens is 1. The third-order valence-electron chi connectivity index (χ3n) is 5.71. The Morgan fingerprint density at radius 2 is 1.94 bits per heavy atom. The van der Waals surface area contributed by atoms with E-state index < -0.39 is 0 Å². The lowest BCUT2D eigenvalue weighted by molar-refractivity contribution is 0.0564. The molecular formula is C25H22ClN5O2. The molecule has 1 amide bonds. The molecule has 1 aliphatic heterocycles. The largest absolute Gasteiger partial charge is 0.443 e. The third-order valence-corrected chi connectivity index (χ3v) is 5.95. The number of carbonyl (C=O) groups is 1. The van der Waals surface area contributed by atoms with Crippen LogP contribution in [0.1, 0.15) is 53.0 Å². The van der Waals surface area contributed by atoms with Crippen LogP contribution < -0.4 is 0 Å². The maximum Gasteiger partial charge on any atom is 0.273 e. The topological polar surface area (TPSA) is 85.0 Å². The second kappa shape index (κ2) is 9.50. The molecule has 1 aromatic carbocycles. The Morgan fingerprint density at radius 1 is 1.09 bits per heavy atom. The summed E-state index contributed by atoms with van der Waals surface area (Å²) >= 11 is 6.10. The van der Waals surface area contributed by atoms with Crippen LogP contribution in [0.2, 0.25) is 5.02 Å². The highest BCUT2D eigenvalue weighted by Crippen LogP contribution is 2.32. The van der Waals surface area contributed by atoms with Crippen LogP contribution in [0, 0.1) is 0 Å². The lowest BCUT2D eigenvalue weighted by Gasteiger charge is -2.33.